The van der Waals surface area contributed by atoms with Gasteiger partial charge < -0.3 is 19.3 Å². The Morgan fingerprint density at radius 1 is 1.07 bits per heavy atom. The molecule has 11 nitrogen and oxygen atoms in total. The third kappa shape index (κ3) is 5.96. The van der Waals surface area contributed by atoms with E-state index in [-0.39, 0.29) is 23.4 Å². The van der Waals surface area contributed by atoms with Crippen LogP contribution in [-0.2, 0) is 9.53 Å². The third-order valence-corrected chi connectivity index (χ3v) is 9.14. The number of aromatic nitrogens is 1. The Hall–Kier alpha value is -5.07. The molecule has 236 valence electrons. The Bertz CT molecular complexity index is 1990. The Kier molecular flexibility index (Phi) is 8.82. The maximum absolute atomic E-state index is 14.4. The number of ether oxygens (including phenoxy) is 2. The zero-order chi connectivity index (χ0) is 32.4. The molecule has 0 bridgehead atoms. The molecule has 12 heteroatoms. The molecular weight excluding hydrogens is 606 g/mol. The number of benzene rings is 3. The molecule has 6 rings (SSSR count). The molecule has 0 amide bonds. The number of likely N-dealkylation sites (N-methyl/N-ethyl adjacent to an activating group) is 1. The van der Waals surface area contributed by atoms with Crippen LogP contribution in [0.1, 0.15) is 29.7 Å². The number of thiazole rings is 1. The molecule has 0 unspecified atom stereocenters. The summed E-state index contributed by atoms with van der Waals surface area (Å²) in [7, 11) is 3.63. The van der Waals surface area contributed by atoms with Gasteiger partial charge in [0.25, 0.3) is 11.2 Å². The topological polar surface area (TPSA) is 120 Å². The lowest BCUT2D eigenvalue weighted by molar-refractivity contribution is -0.384. The number of anilines is 1. The first kappa shape index (κ1) is 30.9. The Morgan fingerprint density at radius 3 is 2.43 bits per heavy atom. The van der Waals surface area contributed by atoms with Crippen molar-refractivity contribution in [2.75, 3.05) is 51.8 Å². The van der Waals surface area contributed by atoms with E-state index in [2.05, 4.69) is 16.8 Å². The van der Waals surface area contributed by atoms with Crippen molar-refractivity contribution in [1.82, 2.24) is 9.47 Å². The molecule has 0 radical (unpaired) electrons. The van der Waals surface area contributed by atoms with Gasteiger partial charge in [0.15, 0.2) is 4.80 Å². The van der Waals surface area contributed by atoms with Gasteiger partial charge in [0.05, 0.1) is 40.5 Å². The number of fused-ring (bicyclic) bond motifs is 1. The van der Waals surface area contributed by atoms with Gasteiger partial charge in [-0.25, -0.2) is 9.79 Å². The van der Waals surface area contributed by atoms with Gasteiger partial charge in [0.1, 0.15) is 5.75 Å². The summed E-state index contributed by atoms with van der Waals surface area (Å²) in [5, 5.41) is 11.8. The van der Waals surface area contributed by atoms with Crippen LogP contribution in [-0.4, -0.2) is 67.3 Å². The number of nitrogens with zero attached hydrogens (tertiary/aromatic N) is 5. The van der Waals surface area contributed by atoms with Crippen LogP contribution in [0.4, 0.5) is 11.4 Å². The minimum absolute atomic E-state index is 0.0658. The molecule has 1 atom stereocenters. The first-order chi connectivity index (χ1) is 22.3. The molecule has 1 saturated heterocycles. The third-order valence-electron chi connectivity index (χ3n) is 8.16. The number of carbonyl (C=O) groups excluding carboxylic acids is 1. The minimum atomic E-state index is -0.847. The lowest BCUT2D eigenvalue weighted by Crippen LogP contribution is -2.44. The largest absolute Gasteiger partial charge is 0.497 e. The van der Waals surface area contributed by atoms with Crippen molar-refractivity contribution < 1.29 is 19.2 Å². The van der Waals surface area contributed by atoms with Crippen molar-refractivity contribution in [2.24, 2.45) is 4.99 Å². The fourth-order valence-corrected chi connectivity index (χ4v) is 6.78. The van der Waals surface area contributed by atoms with Crippen molar-refractivity contribution in [3.8, 4) is 5.75 Å². The summed E-state index contributed by atoms with van der Waals surface area (Å²) in [6, 6.07) is 20.4. The van der Waals surface area contributed by atoms with Crippen LogP contribution in [0.5, 0.6) is 5.75 Å². The lowest BCUT2D eigenvalue weighted by atomic mass is 9.93. The first-order valence-electron chi connectivity index (χ1n) is 14.9. The van der Waals surface area contributed by atoms with E-state index in [0.717, 1.165) is 31.9 Å². The number of non-ortho nitro benzene ring substituents is 1. The number of hydrogen-bond donors (Lipinski definition) is 0. The molecule has 4 aromatic rings. The van der Waals surface area contributed by atoms with Crippen LogP contribution in [0.25, 0.3) is 11.8 Å². The van der Waals surface area contributed by atoms with Gasteiger partial charge in [0.2, 0.25) is 0 Å². The maximum atomic E-state index is 14.4. The molecule has 0 saturated carbocycles. The number of carbonyl (C=O) groups is 1. The zero-order valence-electron chi connectivity index (χ0n) is 25.7. The molecule has 0 N–H and O–H groups in total. The van der Waals surface area contributed by atoms with Gasteiger partial charge >= 0.3 is 5.97 Å². The Morgan fingerprint density at radius 2 is 1.78 bits per heavy atom. The van der Waals surface area contributed by atoms with Crippen molar-refractivity contribution >= 4 is 40.5 Å². The summed E-state index contributed by atoms with van der Waals surface area (Å²) in [6.45, 7) is 5.06. The van der Waals surface area contributed by atoms with Crippen LogP contribution in [0.2, 0.25) is 0 Å². The molecule has 2 aliphatic heterocycles. The van der Waals surface area contributed by atoms with Crippen LogP contribution in [0.15, 0.2) is 88.2 Å². The minimum Gasteiger partial charge on any atom is -0.497 e. The quantitative estimate of drug-likeness (QED) is 0.163. The van der Waals surface area contributed by atoms with Gasteiger partial charge in [-0.2, -0.15) is 0 Å². The SMILES string of the molecule is CCOC(=O)C1=C(c2ccccc2)N=c2sc(=Cc3cc([N+](=O)[O-])ccc3N3CCN(C)CC3)c(=O)n2[C@H]1c1ccc(OC)cc1. The zero-order valence-corrected chi connectivity index (χ0v) is 26.5. The highest BCUT2D eigenvalue weighted by Gasteiger charge is 2.35. The second-order valence-corrected chi connectivity index (χ2v) is 12.0. The average molecular weight is 640 g/mol. The second kappa shape index (κ2) is 13.1. The van der Waals surface area contributed by atoms with E-state index in [9.17, 15) is 19.7 Å². The number of esters is 1. The standard InChI is InChI=1S/C34H33N5O6S/c1-4-45-33(41)29-30(22-8-6-5-7-9-22)35-34-38(31(29)23-10-13-26(44-3)14-11-23)32(40)28(46-34)21-24-20-25(39(42)43)12-15-27(24)37-18-16-36(2)17-19-37/h5-15,20-21,31H,4,16-19H2,1-3H3/t31-/m0/s1. The molecule has 3 heterocycles. The summed E-state index contributed by atoms with van der Waals surface area (Å²) >= 11 is 1.18. The number of hydrogen-bond acceptors (Lipinski definition) is 10. The summed E-state index contributed by atoms with van der Waals surface area (Å²) in [5.41, 5.74) is 2.99. The van der Waals surface area contributed by atoms with E-state index in [1.165, 1.54) is 28.0 Å². The highest BCUT2D eigenvalue weighted by atomic mass is 32.1. The normalized spacial score (nSPS) is 17.0. The number of nitro groups is 1. The molecule has 3 aromatic carbocycles. The van der Waals surface area contributed by atoms with E-state index in [1.54, 1.807) is 38.3 Å². The average Bonchev–Trinajstić information content (AvgIpc) is 3.38. The highest BCUT2D eigenvalue weighted by molar-refractivity contribution is 7.07. The van der Waals surface area contributed by atoms with E-state index >= 15 is 0 Å². The molecule has 0 aliphatic carbocycles. The fourth-order valence-electron chi connectivity index (χ4n) is 5.79. The molecule has 46 heavy (non-hydrogen) atoms. The summed E-state index contributed by atoms with van der Waals surface area (Å²) in [5.74, 6) is 0.0550. The highest BCUT2D eigenvalue weighted by Crippen LogP contribution is 2.36. The molecule has 1 aromatic heterocycles. The predicted molar refractivity (Wildman–Crippen MR) is 177 cm³/mol. The number of methoxy groups -OCH3 is 1. The molecule has 2 aliphatic rings. The monoisotopic (exact) mass is 639 g/mol. The second-order valence-electron chi connectivity index (χ2n) is 11.0. The van der Waals surface area contributed by atoms with E-state index in [4.69, 9.17) is 14.5 Å². The number of nitro benzene ring substituents is 1. The van der Waals surface area contributed by atoms with Crippen LogP contribution >= 0.6 is 11.3 Å². The van der Waals surface area contributed by atoms with Crippen molar-refractivity contribution in [3.05, 3.63) is 125 Å². The van der Waals surface area contributed by atoms with Crippen molar-refractivity contribution in [1.29, 1.82) is 0 Å². The van der Waals surface area contributed by atoms with Crippen molar-refractivity contribution in [2.45, 2.75) is 13.0 Å². The summed E-state index contributed by atoms with van der Waals surface area (Å²) in [4.78, 5) is 49.1. The van der Waals surface area contributed by atoms with Gasteiger partial charge in [0, 0.05) is 55.1 Å². The van der Waals surface area contributed by atoms with E-state index < -0.39 is 16.9 Å². The van der Waals surface area contributed by atoms with E-state index in [1.807, 2.05) is 42.5 Å². The Balaban J connectivity index is 1.60. The molecule has 1 fully saturated rings. The van der Waals surface area contributed by atoms with Crippen LogP contribution in [0.3, 0.4) is 0 Å². The van der Waals surface area contributed by atoms with E-state index in [0.29, 0.717) is 37.5 Å². The number of piperazine rings is 1. The van der Waals surface area contributed by atoms with Gasteiger partial charge in [-0.15, -0.1) is 0 Å². The molecule has 0 spiro atoms. The van der Waals surface area contributed by atoms with Gasteiger partial charge in [-0.05, 0) is 43.8 Å². The van der Waals surface area contributed by atoms with Crippen LogP contribution < -0.4 is 24.5 Å². The predicted octanol–water partition coefficient (Wildman–Crippen LogP) is 3.60. The van der Waals surface area contributed by atoms with Gasteiger partial charge in [-0.1, -0.05) is 53.8 Å². The smallest absolute Gasteiger partial charge is 0.338 e. The summed E-state index contributed by atoms with van der Waals surface area (Å²) < 4.78 is 12.8. The fraction of sp³-hybridized carbons (Fsp3) is 0.265. The van der Waals surface area contributed by atoms with Crippen molar-refractivity contribution in [3.63, 3.8) is 0 Å². The first-order valence-corrected chi connectivity index (χ1v) is 15.7. The maximum Gasteiger partial charge on any atom is 0.338 e. The van der Waals surface area contributed by atoms with Crippen LogP contribution in [0, 0.1) is 10.1 Å². The Labute approximate surface area is 269 Å². The summed E-state index contributed by atoms with van der Waals surface area (Å²) in [6.07, 6.45) is 1.70. The van der Waals surface area contributed by atoms with Gasteiger partial charge in [-0.3, -0.25) is 19.5 Å². The number of rotatable bonds is 8. The molecular formula is C34H33N5O6S. The lowest BCUT2D eigenvalue weighted by Gasteiger charge is -2.34.